The van der Waals surface area contributed by atoms with Crippen LogP contribution in [0.2, 0.25) is 5.15 Å². The van der Waals surface area contributed by atoms with Gasteiger partial charge in [0.05, 0.1) is 24.1 Å². The second-order valence-electron chi connectivity index (χ2n) is 3.99. The quantitative estimate of drug-likeness (QED) is 0.755. The maximum Gasteiger partial charge on any atom is 0.220 e. The highest BCUT2D eigenvalue weighted by molar-refractivity contribution is 6.29. The zero-order valence-electron chi connectivity index (χ0n) is 9.19. The van der Waals surface area contributed by atoms with Gasteiger partial charge in [-0.05, 0) is 19.3 Å². The number of likely N-dealkylation sites (tertiary alicyclic amines) is 1. The van der Waals surface area contributed by atoms with Gasteiger partial charge in [-0.1, -0.05) is 11.6 Å². The third-order valence-electron chi connectivity index (χ3n) is 2.87. The second kappa shape index (κ2) is 4.78. The van der Waals surface area contributed by atoms with E-state index in [1.165, 1.54) is 6.20 Å². The molecule has 1 saturated heterocycles. The lowest BCUT2D eigenvalue weighted by Gasteiger charge is -2.34. The fourth-order valence-corrected chi connectivity index (χ4v) is 2.29. The summed E-state index contributed by atoms with van der Waals surface area (Å²) in [4.78, 5) is 21.6. The van der Waals surface area contributed by atoms with Gasteiger partial charge in [-0.25, -0.2) is 4.98 Å². The molecule has 2 rings (SSSR count). The molecule has 4 nitrogen and oxygen atoms in total. The van der Waals surface area contributed by atoms with E-state index in [-0.39, 0.29) is 11.9 Å². The predicted octanol–water partition coefficient (Wildman–Crippen LogP) is 2.20. The summed E-state index contributed by atoms with van der Waals surface area (Å²) in [6.45, 7) is 2.39. The standard InChI is InChI=1S/C11H14ClN3O/c1-8(16)15-5-3-2-4-10(15)9-6-13-7-11(12)14-9/h6-7,10H,2-5H2,1H3. The Bertz CT molecular complexity index is 397. The first-order chi connectivity index (χ1) is 7.68. The van der Waals surface area contributed by atoms with Crippen molar-refractivity contribution in [3.8, 4) is 0 Å². The van der Waals surface area contributed by atoms with E-state index in [0.717, 1.165) is 31.5 Å². The van der Waals surface area contributed by atoms with Crippen LogP contribution in [0.25, 0.3) is 0 Å². The fraction of sp³-hybridized carbons (Fsp3) is 0.545. The van der Waals surface area contributed by atoms with Crippen LogP contribution in [0.5, 0.6) is 0 Å². The van der Waals surface area contributed by atoms with Crippen LogP contribution < -0.4 is 0 Å². The van der Waals surface area contributed by atoms with E-state index in [2.05, 4.69) is 9.97 Å². The second-order valence-corrected chi connectivity index (χ2v) is 4.38. The van der Waals surface area contributed by atoms with E-state index in [9.17, 15) is 4.79 Å². The molecule has 0 N–H and O–H groups in total. The molecule has 1 aliphatic rings. The first kappa shape index (κ1) is 11.3. The Kier molecular flexibility index (Phi) is 3.39. The monoisotopic (exact) mass is 239 g/mol. The maximum absolute atomic E-state index is 11.5. The molecule has 0 radical (unpaired) electrons. The van der Waals surface area contributed by atoms with Crippen molar-refractivity contribution in [1.29, 1.82) is 0 Å². The lowest BCUT2D eigenvalue weighted by molar-refractivity contribution is -0.132. The summed E-state index contributed by atoms with van der Waals surface area (Å²) >= 11 is 5.81. The van der Waals surface area contributed by atoms with E-state index in [1.807, 2.05) is 4.90 Å². The molecular weight excluding hydrogens is 226 g/mol. The molecule has 0 aromatic carbocycles. The van der Waals surface area contributed by atoms with Gasteiger partial charge in [0.25, 0.3) is 0 Å². The van der Waals surface area contributed by atoms with Crippen LogP contribution in [-0.4, -0.2) is 27.3 Å². The van der Waals surface area contributed by atoms with Crippen LogP contribution in [0, 0.1) is 0 Å². The van der Waals surface area contributed by atoms with Gasteiger partial charge in [0.1, 0.15) is 5.15 Å². The minimum atomic E-state index is 0.0393. The summed E-state index contributed by atoms with van der Waals surface area (Å²) in [6.07, 6.45) is 6.31. The Morgan fingerprint density at radius 1 is 1.50 bits per heavy atom. The van der Waals surface area contributed by atoms with Gasteiger partial charge in [0.2, 0.25) is 5.91 Å². The van der Waals surface area contributed by atoms with Crippen LogP contribution in [-0.2, 0) is 4.79 Å². The number of aromatic nitrogens is 2. The highest BCUT2D eigenvalue weighted by atomic mass is 35.5. The van der Waals surface area contributed by atoms with Crippen molar-refractivity contribution in [2.75, 3.05) is 6.54 Å². The Labute approximate surface area is 99.6 Å². The number of halogens is 1. The van der Waals surface area contributed by atoms with Crippen LogP contribution in [0.4, 0.5) is 0 Å². The highest BCUT2D eigenvalue weighted by Crippen LogP contribution is 2.29. The number of rotatable bonds is 1. The number of hydrogen-bond acceptors (Lipinski definition) is 3. The molecule has 1 aromatic rings. The Morgan fingerprint density at radius 2 is 2.31 bits per heavy atom. The molecule has 5 heteroatoms. The van der Waals surface area contributed by atoms with Gasteiger partial charge in [-0.2, -0.15) is 0 Å². The predicted molar refractivity (Wildman–Crippen MR) is 61.0 cm³/mol. The molecule has 2 heterocycles. The fourth-order valence-electron chi connectivity index (χ4n) is 2.13. The SMILES string of the molecule is CC(=O)N1CCCCC1c1cncc(Cl)n1. The van der Waals surface area contributed by atoms with Gasteiger partial charge < -0.3 is 4.90 Å². The summed E-state index contributed by atoms with van der Waals surface area (Å²) < 4.78 is 0. The molecule has 86 valence electrons. The molecule has 1 aromatic heterocycles. The van der Waals surface area contributed by atoms with Gasteiger partial charge >= 0.3 is 0 Å². The summed E-state index contributed by atoms with van der Waals surface area (Å²) in [6, 6.07) is 0.0393. The molecule has 1 fully saturated rings. The molecule has 1 unspecified atom stereocenters. The number of nitrogens with zero attached hydrogens (tertiary/aromatic N) is 3. The van der Waals surface area contributed by atoms with Crippen molar-refractivity contribution in [3.05, 3.63) is 23.2 Å². The van der Waals surface area contributed by atoms with Crippen molar-refractivity contribution in [2.24, 2.45) is 0 Å². The van der Waals surface area contributed by atoms with E-state index in [4.69, 9.17) is 11.6 Å². The number of amides is 1. The topological polar surface area (TPSA) is 46.1 Å². The van der Waals surface area contributed by atoms with E-state index in [0.29, 0.717) is 5.15 Å². The highest BCUT2D eigenvalue weighted by Gasteiger charge is 2.27. The zero-order valence-corrected chi connectivity index (χ0v) is 9.94. The summed E-state index contributed by atoms with van der Waals surface area (Å²) in [7, 11) is 0. The molecule has 0 spiro atoms. The zero-order chi connectivity index (χ0) is 11.5. The van der Waals surface area contributed by atoms with Gasteiger partial charge in [0, 0.05) is 13.5 Å². The van der Waals surface area contributed by atoms with E-state index in [1.54, 1.807) is 13.1 Å². The third kappa shape index (κ3) is 2.32. The maximum atomic E-state index is 11.5. The molecule has 1 aliphatic heterocycles. The molecule has 0 saturated carbocycles. The number of carbonyl (C=O) groups is 1. The van der Waals surface area contributed by atoms with Crippen molar-refractivity contribution < 1.29 is 4.79 Å². The van der Waals surface area contributed by atoms with Crippen LogP contribution >= 0.6 is 11.6 Å². The molecule has 0 bridgehead atoms. The molecular formula is C11H14ClN3O. The van der Waals surface area contributed by atoms with Crippen molar-refractivity contribution in [3.63, 3.8) is 0 Å². The van der Waals surface area contributed by atoms with E-state index < -0.39 is 0 Å². The van der Waals surface area contributed by atoms with Crippen molar-refractivity contribution >= 4 is 17.5 Å². The van der Waals surface area contributed by atoms with Crippen LogP contribution in [0.15, 0.2) is 12.4 Å². The minimum absolute atomic E-state index is 0.0393. The number of carbonyl (C=O) groups excluding carboxylic acids is 1. The average molecular weight is 240 g/mol. The normalized spacial score (nSPS) is 20.9. The molecule has 1 amide bonds. The Hall–Kier alpha value is -1.16. The first-order valence-electron chi connectivity index (χ1n) is 5.43. The van der Waals surface area contributed by atoms with Gasteiger partial charge in [-0.3, -0.25) is 9.78 Å². The third-order valence-corrected chi connectivity index (χ3v) is 3.05. The smallest absolute Gasteiger partial charge is 0.220 e. The van der Waals surface area contributed by atoms with Gasteiger partial charge in [0.15, 0.2) is 0 Å². The minimum Gasteiger partial charge on any atom is -0.334 e. The number of hydrogen-bond donors (Lipinski definition) is 0. The lowest BCUT2D eigenvalue weighted by atomic mass is 9.99. The molecule has 1 atom stereocenters. The number of piperidine rings is 1. The summed E-state index contributed by atoms with van der Waals surface area (Å²) in [5.41, 5.74) is 0.794. The van der Waals surface area contributed by atoms with Gasteiger partial charge in [-0.15, -0.1) is 0 Å². The van der Waals surface area contributed by atoms with Crippen LogP contribution in [0.1, 0.15) is 37.9 Å². The summed E-state index contributed by atoms with van der Waals surface area (Å²) in [5.74, 6) is 0.0893. The molecule has 16 heavy (non-hydrogen) atoms. The molecule has 0 aliphatic carbocycles. The Balaban J connectivity index is 2.26. The average Bonchev–Trinajstić information content (AvgIpc) is 2.29. The first-order valence-corrected chi connectivity index (χ1v) is 5.81. The van der Waals surface area contributed by atoms with E-state index >= 15 is 0 Å². The van der Waals surface area contributed by atoms with Crippen molar-refractivity contribution in [2.45, 2.75) is 32.2 Å². The Morgan fingerprint density at radius 3 is 3.00 bits per heavy atom. The largest absolute Gasteiger partial charge is 0.334 e. The van der Waals surface area contributed by atoms with Crippen LogP contribution in [0.3, 0.4) is 0 Å². The lowest BCUT2D eigenvalue weighted by Crippen LogP contribution is -2.37. The summed E-state index contributed by atoms with van der Waals surface area (Å²) in [5, 5.41) is 0.381. The van der Waals surface area contributed by atoms with Crippen molar-refractivity contribution in [1.82, 2.24) is 14.9 Å².